The van der Waals surface area contributed by atoms with E-state index in [4.69, 9.17) is 0 Å². The third kappa shape index (κ3) is 3.79. The molecule has 1 fully saturated rings. The summed E-state index contributed by atoms with van der Waals surface area (Å²) >= 11 is 0. The maximum Gasteiger partial charge on any atom is 0.416 e. The molecular formula is C18H18F3N3O2. The molecule has 0 N–H and O–H groups in total. The number of hydrogen-bond acceptors (Lipinski definition) is 5. The molecule has 1 aromatic carbocycles. The van der Waals surface area contributed by atoms with Crippen molar-refractivity contribution in [3.05, 3.63) is 53.3 Å². The Labute approximate surface area is 148 Å². The normalized spacial score (nSPS) is 15.8. The van der Waals surface area contributed by atoms with Crippen LogP contribution < -0.4 is 4.90 Å². The van der Waals surface area contributed by atoms with Crippen LogP contribution in [-0.4, -0.2) is 36.1 Å². The molecule has 0 radical (unpaired) electrons. The number of anilines is 1. The molecule has 0 aliphatic carbocycles. The van der Waals surface area contributed by atoms with Gasteiger partial charge in [0.1, 0.15) is 0 Å². The summed E-state index contributed by atoms with van der Waals surface area (Å²) in [4.78, 5) is 21.8. The van der Waals surface area contributed by atoms with Crippen LogP contribution in [0, 0.1) is 0 Å². The number of halogens is 3. The van der Waals surface area contributed by atoms with Crippen LogP contribution in [0.4, 0.5) is 19.1 Å². The number of alkyl halides is 3. The fourth-order valence-electron chi connectivity index (χ4n) is 3.22. The zero-order valence-corrected chi connectivity index (χ0v) is 14.2. The first-order valence-corrected chi connectivity index (χ1v) is 8.22. The molecule has 2 heterocycles. The predicted octanol–water partition coefficient (Wildman–Crippen LogP) is 3.67. The van der Waals surface area contributed by atoms with Gasteiger partial charge in [-0.1, -0.05) is 18.2 Å². The van der Waals surface area contributed by atoms with Crippen molar-refractivity contribution in [1.82, 2.24) is 9.97 Å². The van der Waals surface area contributed by atoms with Crippen molar-refractivity contribution in [3.8, 4) is 0 Å². The molecule has 138 valence electrons. The average Bonchev–Trinajstić information content (AvgIpc) is 2.67. The van der Waals surface area contributed by atoms with Gasteiger partial charge in [-0.25, -0.2) is 14.8 Å². The van der Waals surface area contributed by atoms with Crippen molar-refractivity contribution in [3.63, 3.8) is 0 Å². The van der Waals surface area contributed by atoms with E-state index in [-0.39, 0.29) is 11.6 Å². The van der Waals surface area contributed by atoms with Crippen molar-refractivity contribution < 1.29 is 22.7 Å². The molecule has 0 amide bonds. The van der Waals surface area contributed by atoms with Gasteiger partial charge in [0, 0.05) is 19.3 Å². The first-order chi connectivity index (χ1) is 12.4. The van der Waals surface area contributed by atoms with Crippen molar-refractivity contribution in [2.45, 2.75) is 24.9 Å². The van der Waals surface area contributed by atoms with E-state index in [1.807, 2.05) is 4.90 Å². The number of carbonyl (C=O) groups is 1. The molecule has 3 rings (SSSR count). The standard InChI is InChI=1S/C18H18F3N3O2/c1-26-16(25)15-6-9-22-17(23-15)24-10-7-12(8-11-24)13-4-2-3-5-14(13)18(19,20)21/h2-6,9,12H,7-8,10-11H2,1H3. The van der Waals surface area contributed by atoms with Crippen LogP contribution in [0.3, 0.4) is 0 Å². The number of rotatable bonds is 3. The Balaban J connectivity index is 1.74. The van der Waals surface area contributed by atoms with Gasteiger partial charge in [-0.2, -0.15) is 13.2 Å². The van der Waals surface area contributed by atoms with E-state index in [1.165, 1.54) is 25.4 Å². The number of aromatic nitrogens is 2. The number of piperidine rings is 1. The summed E-state index contributed by atoms with van der Waals surface area (Å²) in [6.45, 7) is 1.03. The molecule has 0 atom stereocenters. The Morgan fingerprint density at radius 2 is 1.88 bits per heavy atom. The smallest absolute Gasteiger partial charge is 0.416 e. The Bertz CT molecular complexity index is 787. The topological polar surface area (TPSA) is 55.3 Å². The number of carbonyl (C=O) groups excluding carboxylic acids is 1. The lowest BCUT2D eigenvalue weighted by Crippen LogP contribution is -2.35. The summed E-state index contributed by atoms with van der Waals surface area (Å²) in [6, 6.07) is 7.19. The third-order valence-corrected chi connectivity index (χ3v) is 4.52. The molecule has 1 saturated heterocycles. The first kappa shape index (κ1) is 18.2. The fourth-order valence-corrected chi connectivity index (χ4v) is 3.22. The summed E-state index contributed by atoms with van der Waals surface area (Å²) in [5.74, 6) is -0.342. The van der Waals surface area contributed by atoms with Gasteiger partial charge in [-0.3, -0.25) is 0 Å². The van der Waals surface area contributed by atoms with Crippen molar-refractivity contribution in [1.29, 1.82) is 0 Å². The molecule has 0 unspecified atom stereocenters. The molecule has 26 heavy (non-hydrogen) atoms. The zero-order valence-electron chi connectivity index (χ0n) is 14.2. The molecule has 5 nitrogen and oxygen atoms in total. The van der Waals surface area contributed by atoms with Gasteiger partial charge in [-0.05, 0) is 36.5 Å². The molecule has 8 heteroatoms. The number of nitrogens with zero attached hydrogens (tertiary/aromatic N) is 3. The second kappa shape index (κ2) is 7.31. The third-order valence-electron chi connectivity index (χ3n) is 4.52. The fraction of sp³-hybridized carbons (Fsp3) is 0.389. The average molecular weight is 365 g/mol. The lowest BCUT2D eigenvalue weighted by molar-refractivity contribution is -0.138. The number of benzene rings is 1. The zero-order chi connectivity index (χ0) is 18.7. The number of ether oxygens (including phenoxy) is 1. The molecular weight excluding hydrogens is 347 g/mol. The van der Waals surface area contributed by atoms with Gasteiger partial charge in [0.05, 0.1) is 12.7 Å². The summed E-state index contributed by atoms with van der Waals surface area (Å²) in [7, 11) is 1.27. The summed E-state index contributed by atoms with van der Waals surface area (Å²) < 4.78 is 44.3. The molecule has 1 aliphatic heterocycles. The molecule has 0 bridgehead atoms. The predicted molar refractivity (Wildman–Crippen MR) is 89.0 cm³/mol. The lowest BCUT2D eigenvalue weighted by atomic mass is 9.86. The van der Waals surface area contributed by atoms with Gasteiger partial charge in [0.15, 0.2) is 5.69 Å². The van der Waals surface area contributed by atoms with Crippen LogP contribution in [0.5, 0.6) is 0 Å². The Hall–Kier alpha value is -2.64. The second-order valence-electron chi connectivity index (χ2n) is 6.08. The van der Waals surface area contributed by atoms with E-state index in [1.54, 1.807) is 12.1 Å². The number of hydrogen-bond donors (Lipinski definition) is 0. The molecule has 2 aromatic rings. The monoisotopic (exact) mass is 365 g/mol. The molecule has 1 aliphatic rings. The van der Waals surface area contributed by atoms with Gasteiger partial charge < -0.3 is 9.64 Å². The Morgan fingerprint density at radius 3 is 2.54 bits per heavy atom. The van der Waals surface area contributed by atoms with E-state index in [9.17, 15) is 18.0 Å². The maximum absolute atomic E-state index is 13.2. The molecule has 0 spiro atoms. The highest BCUT2D eigenvalue weighted by Gasteiger charge is 2.35. The summed E-state index contributed by atoms with van der Waals surface area (Å²) in [5.41, 5.74) is -0.0756. The van der Waals surface area contributed by atoms with E-state index in [0.717, 1.165) is 6.07 Å². The highest BCUT2D eigenvalue weighted by atomic mass is 19.4. The summed E-state index contributed by atoms with van der Waals surface area (Å²) in [5, 5.41) is 0. The first-order valence-electron chi connectivity index (χ1n) is 8.22. The lowest BCUT2D eigenvalue weighted by Gasteiger charge is -2.33. The van der Waals surface area contributed by atoms with Crippen LogP contribution >= 0.6 is 0 Å². The van der Waals surface area contributed by atoms with Gasteiger partial charge in [0.2, 0.25) is 5.95 Å². The van der Waals surface area contributed by atoms with Gasteiger partial charge >= 0.3 is 12.1 Å². The Morgan fingerprint density at radius 1 is 1.19 bits per heavy atom. The Kier molecular flexibility index (Phi) is 5.11. The molecule has 1 aromatic heterocycles. The van der Waals surface area contributed by atoms with Gasteiger partial charge in [0.25, 0.3) is 0 Å². The second-order valence-corrected chi connectivity index (χ2v) is 6.08. The van der Waals surface area contributed by atoms with Gasteiger partial charge in [-0.15, -0.1) is 0 Å². The van der Waals surface area contributed by atoms with Crippen molar-refractivity contribution in [2.75, 3.05) is 25.1 Å². The van der Waals surface area contributed by atoms with Crippen LogP contribution in [0.15, 0.2) is 36.5 Å². The maximum atomic E-state index is 13.2. The quantitative estimate of drug-likeness (QED) is 0.777. The van der Waals surface area contributed by atoms with E-state index in [2.05, 4.69) is 14.7 Å². The highest BCUT2D eigenvalue weighted by Crippen LogP contribution is 2.38. The minimum Gasteiger partial charge on any atom is -0.464 e. The molecule has 0 saturated carbocycles. The minimum atomic E-state index is -4.36. The van der Waals surface area contributed by atoms with Crippen LogP contribution in [0.2, 0.25) is 0 Å². The number of methoxy groups -OCH3 is 1. The van der Waals surface area contributed by atoms with Crippen molar-refractivity contribution >= 4 is 11.9 Å². The SMILES string of the molecule is COC(=O)c1ccnc(N2CCC(c3ccccc3C(F)(F)F)CC2)n1. The van der Waals surface area contributed by atoms with Crippen LogP contribution in [0.1, 0.15) is 40.4 Å². The highest BCUT2D eigenvalue weighted by molar-refractivity contribution is 5.87. The van der Waals surface area contributed by atoms with Crippen LogP contribution in [0.25, 0.3) is 0 Å². The minimum absolute atomic E-state index is 0.155. The van der Waals surface area contributed by atoms with Crippen LogP contribution in [-0.2, 0) is 10.9 Å². The largest absolute Gasteiger partial charge is 0.464 e. The van der Waals surface area contributed by atoms with E-state index >= 15 is 0 Å². The number of esters is 1. The van der Waals surface area contributed by atoms with E-state index < -0.39 is 17.7 Å². The summed E-state index contributed by atoms with van der Waals surface area (Å²) in [6.07, 6.45) is -1.77. The van der Waals surface area contributed by atoms with Crippen molar-refractivity contribution in [2.24, 2.45) is 0 Å². The van der Waals surface area contributed by atoms with E-state index in [0.29, 0.717) is 37.4 Å².